The van der Waals surface area contributed by atoms with E-state index in [-0.39, 0.29) is 17.4 Å². The van der Waals surface area contributed by atoms with Crippen molar-refractivity contribution in [1.82, 2.24) is 0 Å². The number of rotatable bonds is 3. The van der Waals surface area contributed by atoms with Crippen molar-refractivity contribution in [1.29, 1.82) is 0 Å². The average Bonchev–Trinajstić information content (AvgIpc) is 2.02. The van der Waals surface area contributed by atoms with Gasteiger partial charge < -0.3 is 5.11 Å². The molecule has 0 aromatic heterocycles. The quantitative estimate of drug-likeness (QED) is 0.748. The molecule has 1 aromatic rings. The first-order valence-corrected chi connectivity index (χ1v) is 5.73. The maximum atomic E-state index is 10.6. The van der Waals surface area contributed by atoms with Crippen LogP contribution in [0.3, 0.4) is 0 Å². The first kappa shape index (κ1) is 11.0. The van der Waals surface area contributed by atoms with Gasteiger partial charge >= 0.3 is 0 Å². The van der Waals surface area contributed by atoms with E-state index in [9.17, 15) is 8.42 Å². The second-order valence-corrected chi connectivity index (χ2v) is 4.74. The fourth-order valence-corrected chi connectivity index (χ4v) is 2.04. The topological polar surface area (TPSA) is 74.6 Å². The predicted octanol–water partition coefficient (Wildman–Crippen LogP) is 1.38. The molecule has 0 amide bonds. The Morgan fingerprint density at radius 3 is 2.21 bits per heavy atom. The Balaban J connectivity index is 2.80. The van der Waals surface area contributed by atoms with Crippen LogP contribution in [-0.2, 0) is 10.1 Å². The molecule has 1 unspecified atom stereocenters. The zero-order valence-electron chi connectivity index (χ0n) is 7.71. The van der Waals surface area contributed by atoms with Crippen molar-refractivity contribution in [3.05, 3.63) is 29.8 Å². The minimum Gasteiger partial charge on any atom is -0.508 e. The van der Waals surface area contributed by atoms with Crippen LogP contribution in [0.2, 0.25) is 0 Å². The van der Waals surface area contributed by atoms with E-state index in [0.717, 1.165) is 5.56 Å². The number of phenolic OH excluding ortho intramolecular Hbond substituents is 1. The zero-order valence-corrected chi connectivity index (χ0v) is 8.53. The summed E-state index contributed by atoms with van der Waals surface area (Å²) in [6.45, 7) is 1.69. The maximum absolute atomic E-state index is 10.6. The standard InChI is InChI=1S/C9H12O4S/c1-7(6-14(11,12)13)8-2-4-9(10)5-3-8/h2-5,7,10H,6H2,1H3,(H,11,12,13). The molecule has 14 heavy (non-hydrogen) atoms. The van der Waals surface area contributed by atoms with E-state index >= 15 is 0 Å². The van der Waals surface area contributed by atoms with E-state index in [4.69, 9.17) is 9.66 Å². The number of hydrogen-bond donors (Lipinski definition) is 2. The molecule has 0 aliphatic heterocycles. The Hall–Kier alpha value is -1.07. The van der Waals surface area contributed by atoms with Crippen molar-refractivity contribution in [3.8, 4) is 5.75 Å². The lowest BCUT2D eigenvalue weighted by atomic mass is 10.0. The molecule has 1 aromatic carbocycles. The molecule has 0 fully saturated rings. The Morgan fingerprint density at radius 1 is 1.29 bits per heavy atom. The summed E-state index contributed by atoms with van der Waals surface area (Å²) in [7, 11) is -3.94. The predicted molar refractivity (Wildman–Crippen MR) is 52.9 cm³/mol. The van der Waals surface area contributed by atoms with Crippen LogP contribution in [0.15, 0.2) is 24.3 Å². The largest absolute Gasteiger partial charge is 0.508 e. The minimum atomic E-state index is -3.94. The van der Waals surface area contributed by atoms with Crippen molar-refractivity contribution in [2.24, 2.45) is 0 Å². The smallest absolute Gasteiger partial charge is 0.265 e. The summed E-state index contributed by atoms with van der Waals surface area (Å²) in [6, 6.07) is 6.22. The van der Waals surface area contributed by atoms with Gasteiger partial charge in [0.2, 0.25) is 0 Å². The Bertz CT molecular complexity index is 393. The van der Waals surface area contributed by atoms with Crippen molar-refractivity contribution in [2.45, 2.75) is 12.8 Å². The van der Waals surface area contributed by atoms with Crippen molar-refractivity contribution in [3.63, 3.8) is 0 Å². The second-order valence-electron chi connectivity index (χ2n) is 3.24. The van der Waals surface area contributed by atoms with E-state index in [1.165, 1.54) is 12.1 Å². The fourth-order valence-electron chi connectivity index (χ4n) is 1.22. The molecule has 2 N–H and O–H groups in total. The van der Waals surface area contributed by atoms with E-state index in [1.807, 2.05) is 0 Å². The number of phenols is 1. The van der Waals surface area contributed by atoms with Gasteiger partial charge in [0.15, 0.2) is 0 Å². The lowest BCUT2D eigenvalue weighted by Crippen LogP contribution is -2.10. The van der Waals surface area contributed by atoms with Gasteiger partial charge in [-0.2, -0.15) is 8.42 Å². The molecular weight excluding hydrogens is 204 g/mol. The summed E-state index contributed by atoms with van der Waals surface area (Å²) in [5.41, 5.74) is 0.764. The summed E-state index contributed by atoms with van der Waals surface area (Å²) in [5.74, 6) is -0.462. The van der Waals surface area contributed by atoms with E-state index in [0.29, 0.717) is 0 Å². The number of hydrogen-bond acceptors (Lipinski definition) is 3. The molecule has 0 radical (unpaired) electrons. The van der Waals surface area contributed by atoms with Gasteiger partial charge in [-0.15, -0.1) is 0 Å². The van der Waals surface area contributed by atoms with E-state index in [1.54, 1.807) is 19.1 Å². The summed E-state index contributed by atoms with van der Waals surface area (Å²) >= 11 is 0. The number of aromatic hydroxyl groups is 1. The zero-order chi connectivity index (χ0) is 10.8. The third kappa shape index (κ3) is 3.35. The first-order chi connectivity index (χ1) is 6.38. The lowest BCUT2D eigenvalue weighted by Gasteiger charge is -2.09. The van der Waals surface area contributed by atoms with Gasteiger partial charge in [0, 0.05) is 0 Å². The second kappa shape index (κ2) is 3.98. The molecule has 5 heteroatoms. The summed E-state index contributed by atoms with van der Waals surface area (Å²) in [6.07, 6.45) is 0. The highest BCUT2D eigenvalue weighted by Gasteiger charge is 2.13. The molecule has 0 aliphatic rings. The van der Waals surface area contributed by atoms with Gasteiger partial charge in [-0.1, -0.05) is 19.1 Å². The van der Waals surface area contributed by atoms with Gasteiger partial charge in [-0.25, -0.2) is 0 Å². The third-order valence-corrected chi connectivity index (χ3v) is 2.84. The highest BCUT2D eigenvalue weighted by Crippen LogP contribution is 2.19. The van der Waals surface area contributed by atoms with Crippen LogP contribution < -0.4 is 0 Å². The SMILES string of the molecule is CC(CS(=O)(=O)O)c1ccc(O)cc1. The van der Waals surface area contributed by atoms with Crippen LogP contribution in [-0.4, -0.2) is 23.8 Å². The van der Waals surface area contributed by atoms with Crippen molar-refractivity contribution in [2.75, 3.05) is 5.75 Å². The average molecular weight is 216 g/mol. The summed E-state index contributed by atoms with van der Waals surface area (Å²) in [5, 5.41) is 9.00. The van der Waals surface area contributed by atoms with Crippen LogP contribution in [0.4, 0.5) is 0 Å². The Kier molecular flexibility index (Phi) is 3.13. The molecule has 4 nitrogen and oxygen atoms in total. The fraction of sp³-hybridized carbons (Fsp3) is 0.333. The highest BCUT2D eigenvalue weighted by atomic mass is 32.2. The van der Waals surface area contributed by atoms with E-state index in [2.05, 4.69) is 0 Å². The maximum Gasteiger partial charge on any atom is 0.265 e. The molecule has 0 saturated carbocycles. The Morgan fingerprint density at radius 2 is 1.79 bits per heavy atom. The van der Waals surface area contributed by atoms with Crippen LogP contribution in [0.1, 0.15) is 18.4 Å². The highest BCUT2D eigenvalue weighted by molar-refractivity contribution is 7.85. The van der Waals surface area contributed by atoms with Gasteiger partial charge in [-0.05, 0) is 23.6 Å². The van der Waals surface area contributed by atoms with Crippen LogP contribution in [0, 0.1) is 0 Å². The molecule has 0 saturated heterocycles. The van der Waals surface area contributed by atoms with Gasteiger partial charge in [-0.3, -0.25) is 4.55 Å². The van der Waals surface area contributed by atoms with Crippen molar-refractivity contribution >= 4 is 10.1 Å². The molecule has 0 heterocycles. The van der Waals surface area contributed by atoms with Gasteiger partial charge in [0.25, 0.3) is 10.1 Å². The minimum absolute atomic E-state index is 0.132. The first-order valence-electron chi connectivity index (χ1n) is 4.12. The van der Waals surface area contributed by atoms with Crippen LogP contribution in [0.5, 0.6) is 5.75 Å². The normalized spacial score (nSPS) is 13.9. The Labute approximate surface area is 82.9 Å². The molecule has 0 bridgehead atoms. The molecule has 78 valence electrons. The van der Waals surface area contributed by atoms with Gasteiger partial charge in [0.05, 0.1) is 5.75 Å². The third-order valence-electron chi connectivity index (χ3n) is 1.92. The van der Waals surface area contributed by atoms with Crippen LogP contribution >= 0.6 is 0 Å². The van der Waals surface area contributed by atoms with Crippen LogP contribution in [0.25, 0.3) is 0 Å². The lowest BCUT2D eigenvalue weighted by molar-refractivity contribution is 0.474. The van der Waals surface area contributed by atoms with E-state index < -0.39 is 10.1 Å². The molecule has 1 rings (SSSR count). The number of benzene rings is 1. The van der Waals surface area contributed by atoms with Crippen molar-refractivity contribution < 1.29 is 18.1 Å². The molecular formula is C9H12O4S. The summed E-state index contributed by atoms with van der Waals surface area (Å²) < 4.78 is 29.8. The molecule has 0 aliphatic carbocycles. The summed E-state index contributed by atoms with van der Waals surface area (Å²) in [4.78, 5) is 0. The molecule has 1 atom stereocenters. The molecule has 0 spiro atoms. The monoisotopic (exact) mass is 216 g/mol. The van der Waals surface area contributed by atoms with Gasteiger partial charge in [0.1, 0.15) is 5.75 Å².